The van der Waals surface area contributed by atoms with Crippen molar-refractivity contribution in [1.82, 2.24) is 0 Å². The Labute approximate surface area is 94.6 Å². The van der Waals surface area contributed by atoms with Gasteiger partial charge in [0.25, 0.3) is 0 Å². The molecule has 0 bridgehead atoms. The predicted octanol–water partition coefficient (Wildman–Crippen LogP) is 3.24. The summed E-state index contributed by atoms with van der Waals surface area (Å²) in [5, 5.41) is 0. The lowest BCUT2D eigenvalue weighted by atomic mass is 10.2. The fraction of sp³-hybridized carbons (Fsp3) is 0.0714. The van der Waals surface area contributed by atoms with Gasteiger partial charge in [0, 0.05) is 6.42 Å². The van der Waals surface area contributed by atoms with Gasteiger partial charge in [0.15, 0.2) is 0 Å². The molecule has 1 aliphatic rings. The third kappa shape index (κ3) is 2.70. The number of hydrogen-bond acceptors (Lipinski definition) is 2. The molecule has 16 heavy (non-hydrogen) atoms. The molecule has 2 nitrogen and oxygen atoms in total. The molecule has 0 fully saturated rings. The van der Waals surface area contributed by atoms with Gasteiger partial charge in [-0.25, -0.2) is 4.79 Å². The van der Waals surface area contributed by atoms with E-state index in [4.69, 9.17) is 4.74 Å². The van der Waals surface area contributed by atoms with Crippen molar-refractivity contribution in [2.24, 2.45) is 0 Å². The highest BCUT2D eigenvalue weighted by Gasteiger charge is 2.08. The van der Waals surface area contributed by atoms with Gasteiger partial charge in [-0.2, -0.15) is 0 Å². The highest BCUT2D eigenvalue weighted by Crippen LogP contribution is 2.12. The number of benzene rings is 1. The summed E-state index contributed by atoms with van der Waals surface area (Å²) in [7, 11) is 0. The van der Waals surface area contributed by atoms with Crippen LogP contribution in [-0.4, -0.2) is 5.97 Å². The van der Waals surface area contributed by atoms with Crippen molar-refractivity contribution in [2.45, 2.75) is 6.42 Å². The predicted molar refractivity (Wildman–Crippen MR) is 62.8 cm³/mol. The summed E-state index contributed by atoms with van der Waals surface area (Å²) in [6.07, 6.45) is 10.1. The molecule has 0 saturated carbocycles. The van der Waals surface area contributed by atoms with E-state index in [1.165, 1.54) is 0 Å². The SMILES string of the molecule is O=C(OC1=CC=CC=CC1)c1ccccc1. The Bertz CT molecular complexity index is 453. The molecule has 0 saturated heterocycles. The van der Waals surface area contributed by atoms with Crippen LogP contribution in [0.3, 0.4) is 0 Å². The van der Waals surface area contributed by atoms with Crippen LogP contribution in [0.1, 0.15) is 16.8 Å². The van der Waals surface area contributed by atoms with Crippen LogP contribution in [0.15, 0.2) is 66.5 Å². The van der Waals surface area contributed by atoms with Crippen molar-refractivity contribution in [3.05, 3.63) is 72.0 Å². The van der Waals surface area contributed by atoms with Gasteiger partial charge in [0.05, 0.1) is 5.56 Å². The van der Waals surface area contributed by atoms with Crippen LogP contribution in [0.2, 0.25) is 0 Å². The largest absolute Gasteiger partial charge is 0.427 e. The van der Waals surface area contributed by atoms with Gasteiger partial charge in [0.2, 0.25) is 0 Å². The molecule has 0 spiro atoms. The summed E-state index contributed by atoms with van der Waals surface area (Å²) in [5.74, 6) is 0.356. The van der Waals surface area contributed by atoms with E-state index in [1.54, 1.807) is 18.2 Å². The molecule has 0 amide bonds. The Kier molecular flexibility index (Phi) is 3.34. The zero-order valence-electron chi connectivity index (χ0n) is 8.80. The van der Waals surface area contributed by atoms with Crippen molar-refractivity contribution in [1.29, 1.82) is 0 Å². The second kappa shape index (κ2) is 5.12. The van der Waals surface area contributed by atoms with Gasteiger partial charge >= 0.3 is 5.97 Å². The van der Waals surface area contributed by atoms with E-state index >= 15 is 0 Å². The van der Waals surface area contributed by atoms with Gasteiger partial charge in [-0.3, -0.25) is 0 Å². The Balaban J connectivity index is 2.06. The fourth-order valence-electron chi connectivity index (χ4n) is 1.39. The third-order valence-electron chi connectivity index (χ3n) is 2.19. The molecular weight excluding hydrogens is 200 g/mol. The molecule has 0 N–H and O–H groups in total. The second-order valence-electron chi connectivity index (χ2n) is 3.41. The summed E-state index contributed by atoms with van der Waals surface area (Å²) in [6, 6.07) is 8.99. The van der Waals surface area contributed by atoms with Crippen LogP contribution in [0, 0.1) is 0 Å². The second-order valence-corrected chi connectivity index (χ2v) is 3.41. The Hall–Kier alpha value is -2.09. The topological polar surface area (TPSA) is 26.3 Å². The number of ether oxygens (including phenoxy) is 1. The van der Waals surface area contributed by atoms with Crippen molar-refractivity contribution >= 4 is 5.97 Å². The summed E-state index contributed by atoms with van der Waals surface area (Å²) in [4.78, 5) is 11.7. The number of hydrogen-bond donors (Lipinski definition) is 0. The van der Waals surface area contributed by atoms with Crippen LogP contribution in [0.25, 0.3) is 0 Å². The van der Waals surface area contributed by atoms with Gasteiger partial charge in [-0.15, -0.1) is 0 Å². The van der Waals surface area contributed by atoms with Crippen LogP contribution < -0.4 is 0 Å². The monoisotopic (exact) mass is 212 g/mol. The lowest BCUT2D eigenvalue weighted by molar-refractivity contribution is 0.0619. The molecule has 0 atom stereocenters. The lowest BCUT2D eigenvalue weighted by Gasteiger charge is -2.05. The molecule has 0 radical (unpaired) electrons. The molecule has 0 aliphatic heterocycles. The number of rotatable bonds is 2. The summed E-state index contributed by atoms with van der Waals surface area (Å²) < 4.78 is 5.28. The van der Waals surface area contributed by atoms with E-state index in [9.17, 15) is 4.79 Å². The molecule has 0 unspecified atom stereocenters. The average molecular weight is 212 g/mol. The highest BCUT2D eigenvalue weighted by atomic mass is 16.5. The normalized spacial score (nSPS) is 14.1. The highest BCUT2D eigenvalue weighted by molar-refractivity contribution is 5.90. The van der Waals surface area contributed by atoms with Gasteiger partial charge < -0.3 is 4.74 Å². The zero-order valence-corrected chi connectivity index (χ0v) is 8.80. The minimum Gasteiger partial charge on any atom is -0.427 e. The number of allylic oxidation sites excluding steroid dienone is 5. The summed E-state index contributed by atoms with van der Waals surface area (Å²) in [5.41, 5.74) is 0.570. The van der Waals surface area contributed by atoms with Crippen LogP contribution in [0.4, 0.5) is 0 Å². The van der Waals surface area contributed by atoms with Crippen LogP contribution in [-0.2, 0) is 4.74 Å². The van der Waals surface area contributed by atoms with E-state index in [1.807, 2.05) is 42.5 Å². The third-order valence-corrected chi connectivity index (χ3v) is 2.19. The quantitative estimate of drug-likeness (QED) is 0.703. The first-order valence-corrected chi connectivity index (χ1v) is 5.16. The van der Waals surface area contributed by atoms with E-state index < -0.39 is 0 Å². The molecule has 80 valence electrons. The zero-order chi connectivity index (χ0) is 11.2. The lowest BCUT2D eigenvalue weighted by Crippen LogP contribution is -2.04. The first-order valence-electron chi connectivity index (χ1n) is 5.16. The summed E-state index contributed by atoms with van der Waals surface area (Å²) in [6.45, 7) is 0. The molecule has 2 heteroatoms. The van der Waals surface area contributed by atoms with Crippen molar-refractivity contribution < 1.29 is 9.53 Å². The van der Waals surface area contributed by atoms with Gasteiger partial charge in [-0.1, -0.05) is 42.5 Å². The molecule has 1 aliphatic carbocycles. The minimum atomic E-state index is -0.310. The standard InChI is InChI=1S/C14H12O2/c15-14(12-8-4-3-5-9-12)16-13-10-6-1-2-7-11-13/h1-10H,11H2. The molecule has 1 aromatic carbocycles. The van der Waals surface area contributed by atoms with Crippen molar-refractivity contribution in [3.8, 4) is 0 Å². The van der Waals surface area contributed by atoms with Crippen molar-refractivity contribution in [2.75, 3.05) is 0 Å². The van der Waals surface area contributed by atoms with Gasteiger partial charge in [-0.05, 0) is 18.2 Å². The Morgan fingerprint density at radius 1 is 1.06 bits per heavy atom. The maximum atomic E-state index is 11.7. The first-order chi connectivity index (χ1) is 7.86. The summed E-state index contributed by atoms with van der Waals surface area (Å²) >= 11 is 0. The molecule has 2 rings (SSSR count). The smallest absolute Gasteiger partial charge is 0.343 e. The molecule has 0 aromatic heterocycles. The van der Waals surface area contributed by atoms with Gasteiger partial charge in [0.1, 0.15) is 5.76 Å². The van der Waals surface area contributed by atoms with E-state index in [2.05, 4.69) is 0 Å². The minimum absolute atomic E-state index is 0.310. The Morgan fingerprint density at radius 3 is 2.69 bits per heavy atom. The Morgan fingerprint density at radius 2 is 1.88 bits per heavy atom. The number of carbonyl (C=O) groups excluding carboxylic acids is 1. The molecule has 1 aromatic rings. The van der Waals surface area contributed by atoms with Crippen molar-refractivity contribution in [3.63, 3.8) is 0 Å². The van der Waals surface area contributed by atoms with E-state index in [0.29, 0.717) is 17.7 Å². The van der Waals surface area contributed by atoms with Crippen LogP contribution in [0.5, 0.6) is 0 Å². The van der Waals surface area contributed by atoms with Crippen LogP contribution >= 0.6 is 0 Å². The first kappa shape index (κ1) is 10.4. The number of carbonyl (C=O) groups is 1. The molecule has 0 heterocycles. The average Bonchev–Trinajstić information content (AvgIpc) is 2.59. The fourth-order valence-corrected chi connectivity index (χ4v) is 1.39. The van der Waals surface area contributed by atoms with E-state index in [0.717, 1.165) is 0 Å². The van der Waals surface area contributed by atoms with E-state index in [-0.39, 0.29) is 5.97 Å². The number of esters is 1. The maximum absolute atomic E-state index is 11.7. The molecular formula is C14H12O2. The maximum Gasteiger partial charge on any atom is 0.343 e.